The summed E-state index contributed by atoms with van der Waals surface area (Å²) in [6, 6.07) is 9.98. The zero-order chi connectivity index (χ0) is 16.8. The Hall–Kier alpha value is -2.25. The van der Waals surface area contributed by atoms with E-state index in [1.807, 2.05) is 19.1 Å². The molecular formula is C19H18BrNO2. The van der Waals surface area contributed by atoms with Gasteiger partial charge in [-0.05, 0) is 64.7 Å². The number of aliphatic imine (C=N–C) groups is 1. The van der Waals surface area contributed by atoms with Gasteiger partial charge in [0.2, 0.25) is 0 Å². The van der Waals surface area contributed by atoms with E-state index < -0.39 is 0 Å². The fraction of sp³-hybridized carbons (Fsp3) is 0.211. The molecule has 0 aliphatic carbocycles. The highest BCUT2D eigenvalue weighted by atomic mass is 79.9. The van der Waals surface area contributed by atoms with Gasteiger partial charge in [-0.2, -0.15) is 0 Å². The Labute approximate surface area is 145 Å². The standard InChI is InChI=1S/C19H18BrNO2/c1-5-8-23-19-16(20)10-15(11-18(19)22-4)12-21-17-9-13(2)6-7-14(17)3/h1,6-7,9-12H,8H2,2-4H3. The minimum absolute atomic E-state index is 0.185. The van der Waals surface area contributed by atoms with Gasteiger partial charge in [-0.25, -0.2) is 0 Å². The Balaban J connectivity index is 2.33. The van der Waals surface area contributed by atoms with E-state index in [9.17, 15) is 0 Å². The highest BCUT2D eigenvalue weighted by Gasteiger charge is 2.10. The molecule has 0 heterocycles. The molecule has 0 aliphatic rings. The van der Waals surface area contributed by atoms with E-state index in [1.54, 1.807) is 13.3 Å². The molecule has 23 heavy (non-hydrogen) atoms. The van der Waals surface area contributed by atoms with Crippen molar-refractivity contribution in [3.63, 3.8) is 0 Å². The Morgan fingerprint density at radius 1 is 1.26 bits per heavy atom. The minimum Gasteiger partial charge on any atom is -0.493 e. The molecule has 0 saturated heterocycles. The molecule has 0 atom stereocenters. The normalized spacial score (nSPS) is 10.6. The zero-order valence-corrected chi connectivity index (χ0v) is 15.0. The number of rotatable bonds is 5. The van der Waals surface area contributed by atoms with Crippen LogP contribution in [0.5, 0.6) is 11.5 Å². The van der Waals surface area contributed by atoms with Gasteiger partial charge in [-0.15, -0.1) is 6.42 Å². The van der Waals surface area contributed by atoms with Gasteiger partial charge in [-0.1, -0.05) is 18.1 Å². The number of hydrogen-bond acceptors (Lipinski definition) is 3. The summed E-state index contributed by atoms with van der Waals surface area (Å²) in [7, 11) is 1.59. The molecule has 0 aliphatic heterocycles. The highest BCUT2D eigenvalue weighted by Crippen LogP contribution is 2.36. The van der Waals surface area contributed by atoms with Gasteiger partial charge in [0.15, 0.2) is 11.5 Å². The van der Waals surface area contributed by atoms with Crippen molar-refractivity contribution >= 4 is 27.8 Å². The van der Waals surface area contributed by atoms with Crippen molar-refractivity contribution in [2.24, 2.45) is 4.99 Å². The third-order valence-corrected chi connectivity index (χ3v) is 3.86. The number of aryl methyl sites for hydroxylation is 2. The van der Waals surface area contributed by atoms with E-state index in [0.717, 1.165) is 21.3 Å². The average Bonchev–Trinajstić information content (AvgIpc) is 2.54. The summed E-state index contributed by atoms with van der Waals surface area (Å²) in [5, 5.41) is 0. The SMILES string of the molecule is C#CCOc1c(Br)cc(C=Nc2cc(C)ccc2C)cc1OC. The number of methoxy groups -OCH3 is 1. The molecule has 2 rings (SSSR count). The van der Waals surface area contributed by atoms with Crippen LogP contribution < -0.4 is 9.47 Å². The van der Waals surface area contributed by atoms with Gasteiger partial charge in [0.25, 0.3) is 0 Å². The van der Waals surface area contributed by atoms with E-state index in [1.165, 1.54) is 5.56 Å². The largest absolute Gasteiger partial charge is 0.493 e. The molecule has 0 unspecified atom stereocenters. The summed E-state index contributed by atoms with van der Waals surface area (Å²) >= 11 is 3.49. The first-order chi connectivity index (χ1) is 11.0. The third kappa shape index (κ3) is 4.37. The molecule has 0 bridgehead atoms. The smallest absolute Gasteiger partial charge is 0.176 e. The molecule has 4 heteroatoms. The first kappa shape index (κ1) is 17.1. The van der Waals surface area contributed by atoms with Crippen molar-refractivity contribution in [1.82, 2.24) is 0 Å². The summed E-state index contributed by atoms with van der Waals surface area (Å²) in [6.45, 7) is 4.28. The van der Waals surface area contributed by atoms with E-state index in [4.69, 9.17) is 15.9 Å². The highest BCUT2D eigenvalue weighted by molar-refractivity contribution is 9.10. The van der Waals surface area contributed by atoms with Crippen molar-refractivity contribution in [2.45, 2.75) is 13.8 Å². The van der Waals surface area contributed by atoms with Crippen molar-refractivity contribution in [2.75, 3.05) is 13.7 Å². The Bertz CT molecular complexity index is 776. The summed E-state index contributed by atoms with van der Waals surface area (Å²) in [6.07, 6.45) is 7.04. The van der Waals surface area contributed by atoms with Gasteiger partial charge in [0.05, 0.1) is 17.3 Å². The van der Waals surface area contributed by atoms with E-state index in [0.29, 0.717) is 11.5 Å². The van der Waals surface area contributed by atoms with Crippen LogP contribution in [-0.4, -0.2) is 19.9 Å². The molecule has 2 aromatic rings. The lowest BCUT2D eigenvalue weighted by molar-refractivity contribution is 0.329. The summed E-state index contributed by atoms with van der Waals surface area (Å²) in [5.74, 6) is 3.64. The molecule has 0 N–H and O–H groups in total. The van der Waals surface area contributed by atoms with Gasteiger partial charge in [-0.3, -0.25) is 4.99 Å². The second-order valence-corrected chi connectivity index (χ2v) is 5.93. The predicted molar refractivity (Wildman–Crippen MR) is 98.2 cm³/mol. The zero-order valence-electron chi connectivity index (χ0n) is 13.4. The van der Waals surface area contributed by atoms with Crippen LogP contribution >= 0.6 is 15.9 Å². The molecule has 0 spiro atoms. The number of nitrogens with zero attached hydrogens (tertiary/aromatic N) is 1. The monoisotopic (exact) mass is 371 g/mol. The van der Waals surface area contributed by atoms with Gasteiger partial charge in [0, 0.05) is 6.21 Å². The maximum Gasteiger partial charge on any atom is 0.176 e. The molecule has 0 aromatic heterocycles. The van der Waals surface area contributed by atoms with Crippen molar-refractivity contribution in [3.05, 3.63) is 51.5 Å². The Morgan fingerprint density at radius 3 is 2.74 bits per heavy atom. The first-order valence-corrected chi connectivity index (χ1v) is 7.89. The molecule has 0 amide bonds. The molecule has 0 saturated carbocycles. The van der Waals surface area contributed by atoms with Gasteiger partial charge < -0.3 is 9.47 Å². The fourth-order valence-corrected chi connectivity index (χ4v) is 2.65. The molecule has 2 aromatic carbocycles. The van der Waals surface area contributed by atoms with Crippen molar-refractivity contribution in [1.29, 1.82) is 0 Å². The van der Waals surface area contributed by atoms with Crippen LogP contribution in [-0.2, 0) is 0 Å². The third-order valence-electron chi connectivity index (χ3n) is 3.27. The topological polar surface area (TPSA) is 30.8 Å². The Kier molecular flexibility index (Phi) is 5.84. The van der Waals surface area contributed by atoms with E-state index in [-0.39, 0.29) is 6.61 Å². The number of ether oxygens (including phenoxy) is 2. The van der Waals surface area contributed by atoms with E-state index >= 15 is 0 Å². The van der Waals surface area contributed by atoms with Crippen LogP contribution in [0.25, 0.3) is 0 Å². The average molecular weight is 372 g/mol. The summed E-state index contributed by atoms with van der Waals surface area (Å²) in [4.78, 5) is 4.57. The lowest BCUT2D eigenvalue weighted by atomic mass is 10.1. The lowest BCUT2D eigenvalue weighted by Crippen LogP contribution is -1.98. The van der Waals surface area contributed by atoms with Gasteiger partial charge in [0.1, 0.15) is 6.61 Å². The number of benzene rings is 2. The number of terminal acetylenes is 1. The minimum atomic E-state index is 0.185. The molecule has 0 fully saturated rings. The molecule has 118 valence electrons. The molecular weight excluding hydrogens is 354 g/mol. The van der Waals surface area contributed by atoms with Crippen LogP contribution in [0.1, 0.15) is 16.7 Å². The fourth-order valence-electron chi connectivity index (χ4n) is 2.07. The van der Waals surface area contributed by atoms with Crippen LogP contribution in [0.2, 0.25) is 0 Å². The summed E-state index contributed by atoms with van der Waals surface area (Å²) < 4.78 is 11.7. The van der Waals surface area contributed by atoms with Crippen LogP contribution in [0.15, 0.2) is 39.8 Å². The maximum atomic E-state index is 5.51. The predicted octanol–water partition coefficient (Wildman–Crippen LogP) is 4.84. The second kappa shape index (κ2) is 7.85. The quantitative estimate of drug-likeness (QED) is 0.556. The van der Waals surface area contributed by atoms with Crippen LogP contribution in [0.4, 0.5) is 5.69 Å². The maximum absolute atomic E-state index is 5.51. The number of halogens is 1. The van der Waals surface area contributed by atoms with Crippen LogP contribution in [0, 0.1) is 26.2 Å². The van der Waals surface area contributed by atoms with Gasteiger partial charge >= 0.3 is 0 Å². The molecule has 3 nitrogen and oxygen atoms in total. The summed E-state index contributed by atoms with van der Waals surface area (Å²) in [5.41, 5.74) is 4.17. The second-order valence-electron chi connectivity index (χ2n) is 5.08. The number of hydrogen-bond donors (Lipinski definition) is 0. The van der Waals surface area contributed by atoms with Crippen LogP contribution in [0.3, 0.4) is 0 Å². The lowest BCUT2D eigenvalue weighted by Gasteiger charge is -2.11. The first-order valence-electron chi connectivity index (χ1n) is 7.10. The van der Waals surface area contributed by atoms with E-state index in [2.05, 4.69) is 52.0 Å². The van der Waals surface area contributed by atoms with Crippen molar-refractivity contribution in [3.8, 4) is 23.8 Å². The molecule has 0 radical (unpaired) electrons. The van der Waals surface area contributed by atoms with Crippen molar-refractivity contribution < 1.29 is 9.47 Å². The Morgan fingerprint density at radius 2 is 2.04 bits per heavy atom.